The third-order valence-corrected chi connectivity index (χ3v) is 4.01. The minimum absolute atomic E-state index is 0.0306. The Morgan fingerprint density at radius 1 is 1.38 bits per heavy atom. The molecule has 1 aliphatic rings. The molecule has 0 unspecified atom stereocenters. The molecule has 0 radical (unpaired) electrons. The van der Waals surface area contributed by atoms with Gasteiger partial charge in [-0.15, -0.1) is 0 Å². The lowest BCUT2D eigenvalue weighted by molar-refractivity contribution is -0.109. The molecule has 0 aliphatic carbocycles. The molecule has 4 nitrogen and oxygen atoms in total. The number of para-hydroxylation sites is 1. The average molecular weight is 284 g/mol. The van der Waals surface area contributed by atoms with Crippen LogP contribution in [-0.4, -0.2) is 42.6 Å². The van der Waals surface area contributed by atoms with Crippen molar-refractivity contribution < 1.29 is 9.53 Å². The van der Waals surface area contributed by atoms with Crippen LogP contribution in [-0.2, 0) is 4.74 Å². The highest BCUT2D eigenvalue weighted by Crippen LogP contribution is 2.27. The number of aromatic nitrogens is 1. The Labute approximate surface area is 124 Å². The molecule has 4 heteroatoms. The fourth-order valence-corrected chi connectivity index (χ4v) is 2.84. The van der Waals surface area contributed by atoms with Gasteiger partial charge in [0.15, 0.2) is 0 Å². The topological polar surface area (TPSA) is 42.4 Å². The zero-order chi connectivity index (χ0) is 15.0. The highest BCUT2D eigenvalue weighted by molar-refractivity contribution is 5.95. The van der Waals surface area contributed by atoms with Gasteiger partial charge in [0.1, 0.15) is 5.69 Å². The number of hydrogen-bond donors (Lipinski definition) is 0. The van der Waals surface area contributed by atoms with Gasteiger partial charge in [0, 0.05) is 24.4 Å². The van der Waals surface area contributed by atoms with Crippen molar-refractivity contribution in [2.24, 2.45) is 5.41 Å². The van der Waals surface area contributed by atoms with E-state index in [2.05, 4.69) is 11.9 Å². The highest BCUT2D eigenvalue weighted by atomic mass is 16.5. The molecule has 1 amide bonds. The zero-order valence-electron chi connectivity index (χ0n) is 12.7. The maximum Gasteiger partial charge on any atom is 0.272 e. The van der Waals surface area contributed by atoms with Gasteiger partial charge >= 0.3 is 0 Å². The molecule has 2 aromatic rings. The summed E-state index contributed by atoms with van der Waals surface area (Å²) in [6.45, 7) is 6.28. The van der Waals surface area contributed by atoms with E-state index >= 15 is 0 Å². The van der Waals surface area contributed by atoms with E-state index in [4.69, 9.17) is 4.74 Å². The number of benzene rings is 1. The fraction of sp³-hybridized carbons (Fsp3) is 0.412. The first-order valence-electron chi connectivity index (χ1n) is 7.18. The predicted molar refractivity (Wildman–Crippen MR) is 82.4 cm³/mol. The van der Waals surface area contributed by atoms with Crippen molar-refractivity contribution in [3.05, 3.63) is 41.6 Å². The summed E-state index contributed by atoms with van der Waals surface area (Å²) in [5.74, 6) is -0.0306. The van der Waals surface area contributed by atoms with E-state index in [0.717, 1.165) is 29.7 Å². The van der Waals surface area contributed by atoms with Crippen LogP contribution < -0.4 is 0 Å². The summed E-state index contributed by atoms with van der Waals surface area (Å²) in [7, 11) is 1.83. The number of carbonyl (C=O) groups excluding carboxylic acids is 1. The molecule has 2 heterocycles. The van der Waals surface area contributed by atoms with Gasteiger partial charge in [0.05, 0.1) is 18.7 Å². The second-order valence-electron chi connectivity index (χ2n) is 6.31. The summed E-state index contributed by atoms with van der Waals surface area (Å²) in [6.07, 6.45) is 0. The Morgan fingerprint density at radius 3 is 2.76 bits per heavy atom. The Kier molecular flexibility index (Phi) is 3.41. The largest absolute Gasteiger partial charge is 0.380 e. The number of hydrogen-bond acceptors (Lipinski definition) is 3. The molecular formula is C17H20N2O2. The van der Waals surface area contributed by atoms with E-state index in [1.54, 1.807) is 4.90 Å². The molecule has 0 spiro atoms. The molecular weight excluding hydrogens is 264 g/mol. The average Bonchev–Trinajstić information content (AvgIpc) is 2.44. The first kappa shape index (κ1) is 14.0. The summed E-state index contributed by atoms with van der Waals surface area (Å²) in [6, 6.07) is 9.78. The quantitative estimate of drug-likeness (QED) is 0.870. The van der Waals surface area contributed by atoms with Gasteiger partial charge in [0.2, 0.25) is 0 Å². The molecule has 3 rings (SSSR count). The van der Waals surface area contributed by atoms with E-state index < -0.39 is 0 Å². The normalized spacial score (nSPS) is 16.5. The van der Waals surface area contributed by atoms with Crippen LogP contribution in [0.25, 0.3) is 10.9 Å². The number of amides is 1. The SMILES string of the molecule is Cc1cc(C(=O)N(C)CC2(C)COC2)nc2ccccc12. The van der Waals surface area contributed by atoms with Crippen LogP contribution in [0.2, 0.25) is 0 Å². The van der Waals surface area contributed by atoms with E-state index in [0.29, 0.717) is 12.2 Å². The first-order valence-corrected chi connectivity index (χ1v) is 7.18. The minimum Gasteiger partial charge on any atom is -0.380 e. The van der Waals surface area contributed by atoms with E-state index in [1.807, 2.05) is 44.3 Å². The fourth-order valence-electron chi connectivity index (χ4n) is 2.84. The van der Waals surface area contributed by atoms with E-state index in [9.17, 15) is 4.79 Å². The van der Waals surface area contributed by atoms with Crippen molar-refractivity contribution in [1.29, 1.82) is 0 Å². The molecule has 1 fully saturated rings. The number of ether oxygens (including phenoxy) is 1. The number of rotatable bonds is 3. The third-order valence-electron chi connectivity index (χ3n) is 4.01. The summed E-state index contributed by atoms with van der Waals surface area (Å²) in [5.41, 5.74) is 2.54. The van der Waals surface area contributed by atoms with Crippen LogP contribution in [0.15, 0.2) is 30.3 Å². The van der Waals surface area contributed by atoms with Gasteiger partial charge in [-0.25, -0.2) is 4.98 Å². The van der Waals surface area contributed by atoms with Crippen molar-refractivity contribution >= 4 is 16.8 Å². The lowest BCUT2D eigenvalue weighted by Gasteiger charge is -2.40. The van der Waals surface area contributed by atoms with Crippen molar-refractivity contribution in [3.63, 3.8) is 0 Å². The van der Waals surface area contributed by atoms with Crippen molar-refractivity contribution in [2.45, 2.75) is 13.8 Å². The Hall–Kier alpha value is -1.94. The number of aryl methyl sites for hydroxylation is 1. The smallest absolute Gasteiger partial charge is 0.272 e. The third kappa shape index (κ3) is 2.63. The standard InChI is InChI=1S/C17H20N2O2/c1-12-8-15(18-14-7-5-4-6-13(12)14)16(20)19(3)9-17(2)10-21-11-17/h4-8H,9-11H2,1-3H3. The lowest BCUT2D eigenvalue weighted by atomic mass is 9.88. The molecule has 110 valence electrons. The van der Waals surface area contributed by atoms with Gasteiger partial charge in [-0.3, -0.25) is 4.79 Å². The number of fused-ring (bicyclic) bond motifs is 1. The van der Waals surface area contributed by atoms with Crippen molar-refractivity contribution in [1.82, 2.24) is 9.88 Å². The Morgan fingerprint density at radius 2 is 2.10 bits per heavy atom. The first-order chi connectivity index (χ1) is 9.98. The predicted octanol–water partition coefficient (Wildman–Crippen LogP) is 2.65. The van der Waals surface area contributed by atoms with Gasteiger partial charge in [-0.05, 0) is 24.6 Å². The molecule has 0 atom stereocenters. The van der Waals surface area contributed by atoms with Crippen LogP contribution >= 0.6 is 0 Å². The molecule has 1 aromatic heterocycles. The number of pyridine rings is 1. The number of carbonyl (C=O) groups is 1. The van der Waals surface area contributed by atoms with Crippen LogP contribution in [0.5, 0.6) is 0 Å². The maximum atomic E-state index is 12.6. The van der Waals surface area contributed by atoms with Crippen LogP contribution in [0.3, 0.4) is 0 Å². The van der Waals surface area contributed by atoms with Crippen molar-refractivity contribution in [3.8, 4) is 0 Å². The molecule has 0 saturated carbocycles. The second-order valence-corrected chi connectivity index (χ2v) is 6.31. The highest BCUT2D eigenvalue weighted by Gasteiger charge is 2.35. The van der Waals surface area contributed by atoms with Crippen LogP contribution in [0.1, 0.15) is 23.0 Å². The van der Waals surface area contributed by atoms with E-state index in [1.165, 1.54) is 0 Å². The second kappa shape index (κ2) is 5.11. The zero-order valence-corrected chi connectivity index (χ0v) is 12.7. The number of nitrogens with zero attached hydrogens (tertiary/aromatic N) is 2. The summed E-state index contributed by atoms with van der Waals surface area (Å²) < 4.78 is 5.25. The van der Waals surface area contributed by atoms with Gasteiger partial charge < -0.3 is 9.64 Å². The molecule has 0 bridgehead atoms. The molecule has 1 aromatic carbocycles. The van der Waals surface area contributed by atoms with Crippen LogP contribution in [0.4, 0.5) is 0 Å². The molecule has 1 aliphatic heterocycles. The summed E-state index contributed by atoms with van der Waals surface area (Å²) in [5, 5.41) is 1.09. The Balaban J connectivity index is 1.87. The van der Waals surface area contributed by atoms with Crippen LogP contribution in [0, 0.1) is 12.3 Å². The van der Waals surface area contributed by atoms with E-state index in [-0.39, 0.29) is 11.3 Å². The lowest BCUT2D eigenvalue weighted by Crippen LogP contribution is -2.49. The molecule has 1 saturated heterocycles. The molecule has 0 N–H and O–H groups in total. The monoisotopic (exact) mass is 284 g/mol. The Bertz CT molecular complexity index is 692. The molecule has 21 heavy (non-hydrogen) atoms. The minimum atomic E-state index is -0.0306. The van der Waals surface area contributed by atoms with Gasteiger partial charge in [0.25, 0.3) is 5.91 Å². The maximum absolute atomic E-state index is 12.6. The van der Waals surface area contributed by atoms with Gasteiger partial charge in [-0.2, -0.15) is 0 Å². The summed E-state index contributed by atoms with van der Waals surface area (Å²) >= 11 is 0. The summed E-state index contributed by atoms with van der Waals surface area (Å²) in [4.78, 5) is 18.8. The van der Waals surface area contributed by atoms with Crippen molar-refractivity contribution in [2.75, 3.05) is 26.8 Å². The van der Waals surface area contributed by atoms with Gasteiger partial charge in [-0.1, -0.05) is 25.1 Å².